The van der Waals surface area contributed by atoms with Crippen molar-refractivity contribution in [2.75, 3.05) is 32.1 Å². The quantitative estimate of drug-likeness (QED) is 0.386. The fraction of sp³-hybridized carbons (Fsp3) is 0.419. The number of ether oxygens (including phenoxy) is 1. The van der Waals surface area contributed by atoms with Gasteiger partial charge in [0.05, 0.1) is 11.4 Å². The first-order valence-corrected chi connectivity index (χ1v) is 12.9. The molecule has 36 heavy (non-hydrogen) atoms. The van der Waals surface area contributed by atoms with Gasteiger partial charge in [0, 0.05) is 44.3 Å². The van der Waals surface area contributed by atoms with Gasteiger partial charge in [0.15, 0.2) is 0 Å². The van der Waals surface area contributed by atoms with Gasteiger partial charge < -0.3 is 15.0 Å². The number of rotatable bonds is 9. The standard InChI is InChI=1S/C31H41N3O2/c1-22-9-11-28(12-10-22)24(3)21-32-25(4)26(5)33-29-13-14-30(23(2)20-29)31(35)34(6)17-15-27-8-7-18-36-19-16-27/h9-14,20-21,27,33H,5,7-8,15-19H2,1-4,6H3/b24-21+,32-25?. The van der Waals surface area contributed by atoms with E-state index in [0.29, 0.717) is 5.92 Å². The molecule has 2 aromatic carbocycles. The predicted molar refractivity (Wildman–Crippen MR) is 152 cm³/mol. The number of carbonyl (C=O) groups is 1. The normalized spacial score (nSPS) is 16.9. The Morgan fingerprint density at radius 2 is 1.89 bits per heavy atom. The number of carbonyl (C=O) groups excluding carboxylic acids is 1. The predicted octanol–water partition coefficient (Wildman–Crippen LogP) is 7.03. The van der Waals surface area contributed by atoms with E-state index in [-0.39, 0.29) is 5.91 Å². The van der Waals surface area contributed by atoms with E-state index in [1.54, 1.807) is 0 Å². The van der Waals surface area contributed by atoms with E-state index in [1.165, 1.54) is 12.0 Å². The van der Waals surface area contributed by atoms with Crippen LogP contribution in [0.15, 0.2) is 65.9 Å². The van der Waals surface area contributed by atoms with Gasteiger partial charge in [0.1, 0.15) is 0 Å². The lowest BCUT2D eigenvalue weighted by molar-refractivity contribution is 0.0784. The Kier molecular flexibility index (Phi) is 10.1. The number of allylic oxidation sites excluding steroid dienone is 2. The second-order valence-electron chi connectivity index (χ2n) is 9.95. The summed E-state index contributed by atoms with van der Waals surface area (Å²) in [5, 5.41) is 3.33. The maximum Gasteiger partial charge on any atom is 0.253 e. The molecule has 5 heteroatoms. The third-order valence-corrected chi connectivity index (χ3v) is 6.94. The summed E-state index contributed by atoms with van der Waals surface area (Å²) in [5.74, 6) is 0.707. The highest BCUT2D eigenvalue weighted by Gasteiger charge is 2.18. The van der Waals surface area contributed by atoms with Crippen LogP contribution in [-0.2, 0) is 4.74 Å². The van der Waals surface area contributed by atoms with Crippen LogP contribution in [0.5, 0.6) is 0 Å². The molecule has 5 nitrogen and oxygen atoms in total. The molecule has 1 amide bonds. The Hall–Kier alpha value is -3.18. The van der Waals surface area contributed by atoms with E-state index < -0.39 is 0 Å². The van der Waals surface area contributed by atoms with Crippen LogP contribution in [0.1, 0.15) is 66.6 Å². The molecule has 0 radical (unpaired) electrons. The molecule has 0 aliphatic carbocycles. The first-order chi connectivity index (χ1) is 17.2. The summed E-state index contributed by atoms with van der Waals surface area (Å²) in [6.07, 6.45) is 6.30. The van der Waals surface area contributed by atoms with Crippen LogP contribution in [0.25, 0.3) is 5.57 Å². The summed E-state index contributed by atoms with van der Waals surface area (Å²) >= 11 is 0. The van der Waals surface area contributed by atoms with Crippen LogP contribution >= 0.6 is 0 Å². The molecule has 1 unspecified atom stereocenters. The molecular formula is C31H41N3O2. The van der Waals surface area contributed by atoms with Crippen molar-refractivity contribution in [1.82, 2.24) is 4.90 Å². The van der Waals surface area contributed by atoms with Crippen LogP contribution in [0.3, 0.4) is 0 Å². The van der Waals surface area contributed by atoms with Crippen LogP contribution in [0, 0.1) is 19.8 Å². The number of anilines is 1. The van der Waals surface area contributed by atoms with E-state index in [4.69, 9.17) is 4.74 Å². The lowest BCUT2D eigenvalue weighted by atomic mass is 9.96. The van der Waals surface area contributed by atoms with Crippen LogP contribution in [0.4, 0.5) is 5.69 Å². The van der Waals surface area contributed by atoms with E-state index in [0.717, 1.165) is 78.4 Å². The van der Waals surface area contributed by atoms with Crippen molar-refractivity contribution in [2.45, 2.75) is 53.4 Å². The van der Waals surface area contributed by atoms with Gasteiger partial charge in [-0.15, -0.1) is 0 Å². The van der Waals surface area contributed by atoms with Crippen molar-refractivity contribution >= 4 is 22.9 Å². The van der Waals surface area contributed by atoms with E-state index >= 15 is 0 Å². The average Bonchev–Trinajstić information content (AvgIpc) is 3.14. The van der Waals surface area contributed by atoms with Gasteiger partial charge in [-0.05, 0) is 94.2 Å². The van der Waals surface area contributed by atoms with E-state index in [2.05, 4.69) is 55.0 Å². The molecule has 2 aromatic rings. The van der Waals surface area contributed by atoms with Gasteiger partial charge in [-0.25, -0.2) is 0 Å². The molecule has 192 valence electrons. The number of hydrogen-bond acceptors (Lipinski definition) is 4. The number of aliphatic imine (C=N–C) groups is 1. The molecule has 0 aromatic heterocycles. The molecule has 1 heterocycles. The highest BCUT2D eigenvalue weighted by Crippen LogP contribution is 2.22. The average molecular weight is 488 g/mol. The molecule has 1 aliphatic rings. The van der Waals surface area contributed by atoms with Crippen LogP contribution in [-0.4, -0.2) is 43.3 Å². The number of benzene rings is 2. The van der Waals surface area contributed by atoms with Gasteiger partial charge in [0.2, 0.25) is 0 Å². The van der Waals surface area contributed by atoms with Crippen molar-refractivity contribution < 1.29 is 9.53 Å². The number of nitrogens with one attached hydrogen (secondary N) is 1. The first-order valence-electron chi connectivity index (χ1n) is 12.9. The third kappa shape index (κ3) is 7.92. The topological polar surface area (TPSA) is 53.9 Å². The zero-order valence-electron chi connectivity index (χ0n) is 22.6. The number of aryl methyl sites for hydroxylation is 2. The molecule has 0 saturated carbocycles. The van der Waals surface area contributed by atoms with Crippen molar-refractivity contribution in [1.29, 1.82) is 0 Å². The molecule has 1 fully saturated rings. The van der Waals surface area contributed by atoms with Crippen LogP contribution in [0.2, 0.25) is 0 Å². The van der Waals surface area contributed by atoms with Gasteiger partial charge in [0.25, 0.3) is 5.91 Å². The zero-order chi connectivity index (χ0) is 26.1. The molecule has 0 spiro atoms. The molecule has 1 aliphatic heterocycles. The van der Waals surface area contributed by atoms with Gasteiger partial charge in [-0.1, -0.05) is 36.4 Å². The zero-order valence-corrected chi connectivity index (χ0v) is 22.6. The SMILES string of the molecule is C=C(Nc1ccc(C(=O)N(C)CCC2CCCOCC2)c(C)c1)C(C)=N/C=C(\C)c1ccc(C)cc1. The maximum absolute atomic E-state index is 13.1. The Morgan fingerprint density at radius 1 is 1.14 bits per heavy atom. The third-order valence-electron chi connectivity index (χ3n) is 6.94. The molecule has 1 N–H and O–H groups in total. The van der Waals surface area contributed by atoms with Crippen LogP contribution < -0.4 is 5.32 Å². The van der Waals surface area contributed by atoms with Crippen molar-refractivity contribution in [3.63, 3.8) is 0 Å². The maximum atomic E-state index is 13.1. The highest BCUT2D eigenvalue weighted by atomic mass is 16.5. The Morgan fingerprint density at radius 3 is 2.61 bits per heavy atom. The smallest absolute Gasteiger partial charge is 0.253 e. The molecule has 1 atom stereocenters. The lowest BCUT2D eigenvalue weighted by Crippen LogP contribution is -2.29. The number of hydrogen-bond donors (Lipinski definition) is 1. The fourth-order valence-corrected chi connectivity index (χ4v) is 4.35. The monoisotopic (exact) mass is 487 g/mol. The number of nitrogens with zero attached hydrogens (tertiary/aromatic N) is 2. The lowest BCUT2D eigenvalue weighted by Gasteiger charge is -2.22. The molecule has 3 rings (SSSR count). The first kappa shape index (κ1) is 27.4. The van der Waals surface area contributed by atoms with Gasteiger partial charge in [-0.3, -0.25) is 9.79 Å². The minimum atomic E-state index is 0.0669. The van der Waals surface area contributed by atoms with Crippen molar-refractivity contribution in [3.8, 4) is 0 Å². The fourth-order valence-electron chi connectivity index (χ4n) is 4.35. The molecular weight excluding hydrogens is 446 g/mol. The second-order valence-corrected chi connectivity index (χ2v) is 9.95. The largest absolute Gasteiger partial charge is 0.381 e. The second kappa shape index (κ2) is 13.2. The van der Waals surface area contributed by atoms with Gasteiger partial charge in [-0.2, -0.15) is 0 Å². The number of amides is 1. The van der Waals surface area contributed by atoms with E-state index in [9.17, 15) is 4.79 Å². The summed E-state index contributed by atoms with van der Waals surface area (Å²) in [5.41, 5.74) is 7.59. The minimum Gasteiger partial charge on any atom is -0.381 e. The Labute approximate surface area is 217 Å². The Bertz CT molecular complexity index is 1110. The Balaban J connectivity index is 1.57. The van der Waals surface area contributed by atoms with E-state index in [1.807, 2.05) is 50.2 Å². The molecule has 1 saturated heterocycles. The van der Waals surface area contributed by atoms with Crippen molar-refractivity contribution in [2.24, 2.45) is 10.9 Å². The summed E-state index contributed by atoms with van der Waals surface area (Å²) in [4.78, 5) is 19.5. The summed E-state index contributed by atoms with van der Waals surface area (Å²) in [6.45, 7) is 14.7. The highest BCUT2D eigenvalue weighted by molar-refractivity contribution is 6.01. The summed E-state index contributed by atoms with van der Waals surface area (Å²) in [6, 6.07) is 14.2. The minimum absolute atomic E-state index is 0.0669. The van der Waals surface area contributed by atoms with Gasteiger partial charge >= 0.3 is 0 Å². The summed E-state index contributed by atoms with van der Waals surface area (Å²) < 4.78 is 5.56. The molecule has 0 bridgehead atoms. The van der Waals surface area contributed by atoms with Crippen molar-refractivity contribution in [3.05, 3.63) is 83.2 Å². The summed E-state index contributed by atoms with van der Waals surface area (Å²) in [7, 11) is 1.90.